The van der Waals surface area contributed by atoms with Crippen molar-refractivity contribution >= 4 is 0 Å². The van der Waals surface area contributed by atoms with E-state index < -0.39 is 0 Å². The number of nitrogens with one attached hydrogen (secondary N) is 1. The first-order chi connectivity index (χ1) is 9.22. The highest BCUT2D eigenvalue weighted by Gasteiger charge is 2.34. The van der Waals surface area contributed by atoms with Gasteiger partial charge in [0.1, 0.15) is 0 Å². The molecule has 4 heteroatoms. The average Bonchev–Trinajstić information content (AvgIpc) is 2.34. The summed E-state index contributed by atoms with van der Waals surface area (Å²) >= 11 is 0. The molecule has 4 nitrogen and oxygen atoms in total. The van der Waals surface area contributed by atoms with Gasteiger partial charge in [-0.05, 0) is 54.8 Å². The van der Waals surface area contributed by atoms with Crippen molar-refractivity contribution < 1.29 is 4.74 Å². The van der Waals surface area contributed by atoms with Crippen LogP contribution in [-0.2, 0) is 4.74 Å². The SMILES string of the molecule is CN(C)CCN(C)CC1(CNC(C)(C)C)CCCOC1. The second-order valence-corrected chi connectivity index (χ2v) is 7.80. The van der Waals surface area contributed by atoms with Gasteiger partial charge in [-0.15, -0.1) is 0 Å². The van der Waals surface area contributed by atoms with Gasteiger partial charge in [-0.2, -0.15) is 0 Å². The molecule has 0 bridgehead atoms. The monoisotopic (exact) mass is 285 g/mol. The molecule has 1 rings (SSSR count). The summed E-state index contributed by atoms with van der Waals surface area (Å²) in [5.74, 6) is 0. The van der Waals surface area contributed by atoms with Crippen LogP contribution in [0.4, 0.5) is 0 Å². The molecule has 1 atom stereocenters. The summed E-state index contributed by atoms with van der Waals surface area (Å²) in [7, 11) is 6.50. The minimum Gasteiger partial charge on any atom is -0.381 e. The predicted octanol–water partition coefficient (Wildman–Crippen LogP) is 1.66. The van der Waals surface area contributed by atoms with E-state index in [9.17, 15) is 0 Å². The molecular weight excluding hydrogens is 250 g/mol. The van der Waals surface area contributed by atoms with Crippen molar-refractivity contribution in [3.8, 4) is 0 Å². The van der Waals surface area contributed by atoms with Crippen LogP contribution in [0.15, 0.2) is 0 Å². The Labute approximate surface area is 125 Å². The van der Waals surface area contributed by atoms with Crippen LogP contribution in [0, 0.1) is 5.41 Å². The van der Waals surface area contributed by atoms with E-state index in [4.69, 9.17) is 4.74 Å². The van der Waals surface area contributed by atoms with Crippen LogP contribution in [-0.4, -0.2) is 75.9 Å². The van der Waals surface area contributed by atoms with E-state index in [0.717, 1.165) is 39.4 Å². The number of nitrogens with zero attached hydrogens (tertiary/aromatic N) is 2. The van der Waals surface area contributed by atoms with E-state index in [2.05, 4.69) is 57.0 Å². The Balaban J connectivity index is 2.54. The highest BCUT2D eigenvalue weighted by Crippen LogP contribution is 2.29. The zero-order valence-electron chi connectivity index (χ0n) is 14.5. The maximum absolute atomic E-state index is 5.80. The summed E-state index contributed by atoms with van der Waals surface area (Å²) < 4.78 is 5.80. The molecule has 0 amide bonds. The summed E-state index contributed by atoms with van der Waals surface area (Å²) in [4.78, 5) is 4.70. The van der Waals surface area contributed by atoms with Gasteiger partial charge in [-0.25, -0.2) is 0 Å². The molecule has 1 fully saturated rings. The quantitative estimate of drug-likeness (QED) is 0.770. The first kappa shape index (κ1) is 17.9. The Morgan fingerprint density at radius 2 is 1.85 bits per heavy atom. The van der Waals surface area contributed by atoms with Crippen LogP contribution < -0.4 is 5.32 Å². The van der Waals surface area contributed by atoms with Gasteiger partial charge in [0.25, 0.3) is 0 Å². The van der Waals surface area contributed by atoms with Crippen molar-refractivity contribution in [3.05, 3.63) is 0 Å². The van der Waals surface area contributed by atoms with Crippen molar-refractivity contribution in [1.82, 2.24) is 15.1 Å². The summed E-state index contributed by atoms with van der Waals surface area (Å²) in [6.07, 6.45) is 2.45. The Hall–Kier alpha value is -0.160. The maximum atomic E-state index is 5.80. The Bertz CT molecular complexity index is 267. The molecule has 1 aliphatic heterocycles. The third-order valence-corrected chi connectivity index (χ3v) is 3.93. The summed E-state index contributed by atoms with van der Waals surface area (Å²) in [6, 6.07) is 0. The maximum Gasteiger partial charge on any atom is 0.0546 e. The van der Waals surface area contributed by atoms with Crippen LogP contribution >= 0.6 is 0 Å². The van der Waals surface area contributed by atoms with E-state index in [1.54, 1.807) is 0 Å². The molecule has 0 spiro atoms. The van der Waals surface area contributed by atoms with Crippen LogP contribution in [0.3, 0.4) is 0 Å². The van der Waals surface area contributed by atoms with Crippen molar-refractivity contribution in [2.45, 2.75) is 39.2 Å². The average molecular weight is 285 g/mol. The van der Waals surface area contributed by atoms with Crippen molar-refractivity contribution in [1.29, 1.82) is 0 Å². The minimum atomic E-state index is 0.173. The number of rotatable bonds is 7. The third kappa shape index (κ3) is 7.02. The number of hydrogen-bond acceptors (Lipinski definition) is 4. The molecule has 1 heterocycles. The van der Waals surface area contributed by atoms with Crippen molar-refractivity contribution in [3.63, 3.8) is 0 Å². The Morgan fingerprint density at radius 1 is 1.15 bits per heavy atom. The predicted molar refractivity (Wildman–Crippen MR) is 86.3 cm³/mol. The van der Waals surface area contributed by atoms with Gasteiger partial charge in [-0.3, -0.25) is 0 Å². The molecule has 0 saturated carbocycles. The Morgan fingerprint density at radius 3 is 2.35 bits per heavy atom. The van der Waals surface area contributed by atoms with Crippen LogP contribution in [0.5, 0.6) is 0 Å². The topological polar surface area (TPSA) is 27.7 Å². The summed E-state index contributed by atoms with van der Waals surface area (Å²) in [6.45, 7) is 12.9. The first-order valence-corrected chi connectivity index (χ1v) is 7.89. The molecule has 120 valence electrons. The van der Waals surface area contributed by atoms with E-state index >= 15 is 0 Å². The number of likely N-dealkylation sites (N-methyl/N-ethyl adjacent to an activating group) is 2. The lowest BCUT2D eigenvalue weighted by atomic mass is 9.81. The van der Waals surface area contributed by atoms with Crippen LogP contribution in [0.1, 0.15) is 33.6 Å². The zero-order valence-corrected chi connectivity index (χ0v) is 14.5. The summed E-state index contributed by atoms with van der Waals surface area (Å²) in [5, 5.41) is 3.69. The first-order valence-electron chi connectivity index (χ1n) is 7.89. The molecule has 0 aromatic rings. The van der Waals surface area contributed by atoms with Gasteiger partial charge in [0, 0.05) is 43.7 Å². The molecule has 0 radical (unpaired) electrons. The van der Waals surface area contributed by atoms with Gasteiger partial charge in [-0.1, -0.05) is 0 Å². The lowest BCUT2D eigenvalue weighted by Crippen LogP contribution is -2.52. The lowest BCUT2D eigenvalue weighted by molar-refractivity contribution is -0.0257. The normalized spacial score (nSPS) is 24.6. The van der Waals surface area contributed by atoms with Gasteiger partial charge in [0.15, 0.2) is 0 Å². The molecule has 0 aliphatic carbocycles. The highest BCUT2D eigenvalue weighted by molar-refractivity contribution is 4.89. The summed E-state index contributed by atoms with van der Waals surface area (Å²) in [5.41, 5.74) is 0.444. The lowest BCUT2D eigenvalue weighted by Gasteiger charge is -2.42. The largest absolute Gasteiger partial charge is 0.381 e. The molecule has 0 aromatic carbocycles. The second-order valence-electron chi connectivity index (χ2n) is 7.80. The molecule has 1 unspecified atom stereocenters. The molecule has 1 saturated heterocycles. The van der Waals surface area contributed by atoms with E-state index in [0.29, 0.717) is 0 Å². The van der Waals surface area contributed by atoms with E-state index in [1.165, 1.54) is 12.8 Å². The number of hydrogen-bond donors (Lipinski definition) is 1. The van der Waals surface area contributed by atoms with Crippen molar-refractivity contribution in [2.75, 3.05) is 60.5 Å². The standard InChI is InChI=1S/C16H35N3O/c1-15(2,3)17-12-16(8-7-11-20-14-16)13-19(6)10-9-18(4)5/h17H,7-14H2,1-6H3. The van der Waals surface area contributed by atoms with Gasteiger partial charge < -0.3 is 19.9 Å². The molecule has 1 aliphatic rings. The zero-order chi connectivity index (χ0) is 15.2. The molecule has 20 heavy (non-hydrogen) atoms. The van der Waals surface area contributed by atoms with E-state index in [-0.39, 0.29) is 11.0 Å². The van der Waals surface area contributed by atoms with Crippen molar-refractivity contribution in [2.24, 2.45) is 5.41 Å². The minimum absolute atomic E-state index is 0.173. The smallest absolute Gasteiger partial charge is 0.0546 e. The molecular formula is C16H35N3O. The van der Waals surface area contributed by atoms with Gasteiger partial charge in [0.2, 0.25) is 0 Å². The molecule has 0 aromatic heterocycles. The van der Waals surface area contributed by atoms with E-state index in [1.807, 2.05) is 0 Å². The molecule has 1 N–H and O–H groups in total. The number of ether oxygens (including phenoxy) is 1. The fraction of sp³-hybridized carbons (Fsp3) is 1.00. The third-order valence-electron chi connectivity index (χ3n) is 3.93. The van der Waals surface area contributed by atoms with Crippen LogP contribution in [0.25, 0.3) is 0 Å². The fourth-order valence-electron chi connectivity index (χ4n) is 2.71. The van der Waals surface area contributed by atoms with Crippen LogP contribution in [0.2, 0.25) is 0 Å². The van der Waals surface area contributed by atoms with Gasteiger partial charge >= 0.3 is 0 Å². The highest BCUT2D eigenvalue weighted by atomic mass is 16.5. The fourth-order valence-corrected chi connectivity index (χ4v) is 2.71. The second kappa shape index (κ2) is 7.74. The Kier molecular flexibility index (Phi) is 6.92. The van der Waals surface area contributed by atoms with Gasteiger partial charge in [0.05, 0.1) is 6.61 Å².